The number of aryl methyl sites for hydroxylation is 3. The molecule has 0 atom stereocenters. The van der Waals surface area contributed by atoms with E-state index < -0.39 is 0 Å². The van der Waals surface area contributed by atoms with Crippen molar-refractivity contribution in [1.82, 2.24) is 29.4 Å². The molecule has 0 aliphatic carbocycles. The number of benzene rings is 1. The van der Waals surface area contributed by atoms with Crippen LogP contribution < -0.4 is 0 Å². The van der Waals surface area contributed by atoms with Crippen LogP contribution in [0.25, 0.3) is 22.2 Å². The molecule has 3 heterocycles. The summed E-state index contributed by atoms with van der Waals surface area (Å²) in [6.45, 7) is 5.23. The largest absolute Gasteiger partial charge is 0.336 e. The van der Waals surface area contributed by atoms with Crippen molar-refractivity contribution < 1.29 is 4.79 Å². The maximum Gasteiger partial charge on any atom is 0.254 e. The lowest BCUT2D eigenvalue weighted by atomic mass is 10.0. The molecule has 3 aromatic heterocycles. The van der Waals surface area contributed by atoms with Gasteiger partial charge in [0.25, 0.3) is 5.91 Å². The van der Waals surface area contributed by atoms with Crippen molar-refractivity contribution in [3.05, 3.63) is 64.1 Å². The Morgan fingerprint density at radius 1 is 1.27 bits per heavy atom. The summed E-state index contributed by atoms with van der Waals surface area (Å²) in [5, 5.41) is 9.60. The van der Waals surface area contributed by atoms with Crippen molar-refractivity contribution in [1.29, 1.82) is 0 Å². The first-order valence-electron chi connectivity index (χ1n) is 9.75. The van der Waals surface area contributed by atoms with E-state index in [0.29, 0.717) is 12.1 Å². The Balaban J connectivity index is 1.79. The Labute approximate surface area is 183 Å². The molecule has 4 rings (SSSR count). The van der Waals surface area contributed by atoms with Gasteiger partial charge in [-0.1, -0.05) is 18.2 Å². The van der Waals surface area contributed by atoms with Crippen molar-refractivity contribution in [2.24, 2.45) is 7.05 Å². The zero-order valence-electron chi connectivity index (χ0n) is 17.4. The van der Waals surface area contributed by atoms with E-state index in [9.17, 15) is 4.79 Å². The molecule has 0 spiro atoms. The van der Waals surface area contributed by atoms with Gasteiger partial charge in [0.1, 0.15) is 0 Å². The summed E-state index contributed by atoms with van der Waals surface area (Å²) >= 11 is 3.51. The molecule has 0 bridgehead atoms. The van der Waals surface area contributed by atoms with Crippen LogP contribution in [-0.4, -0.2) is 42.4 Å². The standard InChI is InChI=1S/C22H23BrN6O/c1-5-29-12-17(14(2)26-29)20-10-16(15-8-6-7-9-19(15)25-20)22(30)27(3)13-21-18(23)11-24-28(21)4/h6-12H,5,13H2,1-4H3. The molecule has 0 unspecified atom stereocenters. The van der Waals surface area contributed by atoms with Crippen molar-refractivity contribution in [2.45, 2.75) is 26.9 Å². The minimum Gasteiger partial charge on any atom is -0.336 e. The monoisotopic (exact) mass is 466 g/mol. The number of aromatic nitrogens is 5. The molecule has 0 saturated heterocycles. The molecule has 1 aromatic carbocycles. The van der Waals surface area contributed by atoms with Crippen LogP contribution in [0.15, 0.2) is 47.2 Å². The van der Waals surface area contributed by atoms with Crippen molar-refractivity contribution in [3.63, 3.8) is 0 Å². The highest BCUT2D eigenvalue weighted by Crippen LogP contribution is 2.28. The molecule has 154 valence electrons. The van der Waals surface area contributed by atoms with E-state index in [1.807, 2.05) is 62.1 Å². The third kappa shape index (κ3) is 3.63. The Morgan fingerprint density at radius 2 is 2.03 bits per heavy atom. The average Bonchev–Trinajstić information content (AvgIpc) is 3.28. The van der Waals surface area contributed by atoms with Gasteiger partial charge < -0.3 is 4.90 Å². The van der Waals surface area contributed by atoms with Gasteiger partial charge >= 0.3 is 0 Å². The highest BCUT2D eigenvalue weighted by Gasteiger charge is 2.20. The van der Waals surface area contributed by atoms with Gasteiger partial charge in [-0.15, -0.1) is 0 Å². The van der Waals surface area contributed by atoms with Crippen LogP contribution in [0.3, 0.4) is 0 Å². The van der Waals surface area contributed by atoms with Gasteiger partial charge in [0.05, 0.1) is 45.4 Å². The van der Waals surface area contributed by atoms with E-state index in [4.69, 9.17) is 4.98 Å². The van der Waals surface area contributed by atoms with E-state index in [0.717, 1.165) is 44.6 Å². The zero-order chi connectivity index (χ0) is 21.4. The maximum atomic E-state index is 13.5. The van der Waals surface area contributed by atoms with E-state index in [1.54, 1.807) is 22.8 Å². The van der Waals surface area contributed by atoms with Gasteiger partial charge in [0.2, 0.25) is 0 Å². The van der Waals surface area contributed by atoms with Gasteiger partial charge in [0.15, 0.2) is 0 Å². The molecule has 0 fully saturated rings. The van der Waals surface area contributed by atoms with Crippen molar-refractivity contribution in [3.8, 4) is 11.3 Å². The third-order valence-corrected chi connectivity index (χ3v) is 5.90. The Bertz CT molecular complexity index is 1220. The number of fused-ring (bicyclic) bond motifs is 1. The second kappa shape index (κ2) is 8.02. The fourth-order valence-corrected chi connectivity index (χ4v) is 4.01. The van der Waals surface area contributed by atoms with Gasteiger partial charge in [-0.3, -0.25) is 14.2 Å². The van der Waals surface area contributed by atoms with Gasteiger partial charge in [-0.2, -0.15) is 10.2 Å². The normalized spacial score (nSPS) is 11.2. The minimum atomic E-state index is -0.0662. The van der Waals surface area contributed by atoms with Crippen molar-refractivity contribution >= 4 is 32.7 Å². The Morgan fingerprint density at radius 3 is 2.70 bits per heavy atom. The fraction of sp³-hybridized carbons (Fsp3) is 0.273. The minimum absolute atomic E-state index is 0.0662. The number of para-hydroxylation sites is 1. The molecule has 0 radical (unpaired) electrons. The second-order valence-electron chi connectivity index (χ2n) is 7.28. The van der Waals surface area contributed by atoms with Crippen LogP contribution in [0.5, 0.6) is 0 Å². The number of halogens is 1. The third-order valence-electron chi connectivity index (χ3n) is 5.24. The molecule has 0 aliphatic heterocycles. The summed E-state index contributed by atoms with van der Waals surface area (Å²) in [5.74, 6) is -0.0662. The number of hydrogen-bond donors (Lipinski definition) is 0. The van der Waals surface area contributed by atoms with Crippen LogP contribution in [0, 0.1) is 6.92 Å². The highest BCUT2D eigenvalue weighted by molar-refractivity contribution is 9.10. The number of amides is 1. The summed E-state index contributed by atoms with van der Waals surface area (Å²) in [6.07, 6.45) is 3.72. The zero-order valence-corrected chi connectivity index (χ0v) is 19.0. The number of hydrogen-bond acceptors (Lipinski definition) is 4. The average molecular weight is 467 g/mol. The van der Waals surface area contributed by atoms with E-state index in [2.05, 4.69) is 26.1 Å². The first kappa shape index (κ1) is 20.3. The van der Waals surface area contributed by atoms with Gasteiger partial charge in [-0.25, -0.2) is 4.98 Å². The molecule has 0 N–H and O–H groups in total. The molecular weight excluding hydrogens is 444 g/mol. The topological polar surface area (TPSA) is 68.8 Å². The SMILES string of the molecule is CCn1cc(-c2cc(C(=O)N(C)Cc3c(Br)cnn3C)c3ccccc3n2)c(C)n1. The molecule has 0 aliphatic rings. The predicted octanol–water partition coefficient (Wildman–Crippen LogP) is 4.19. The summed E-state index contributed by atoms with van der Waals surface area (Å²) in [4.78, 5) is 20.0. The smallest absolute Gasteiger partial charge is 0.254 e. The lowest BCUT2D eigenvalue weighted by Crippen LogP contribution is -2.27. The number of nitrogens with zero attached hydrogens (tertiary/aromatic N) is 6. The summed E-state index contributed by atoms with van der Waals surface area (Å²) in [7, 11) is 3.67. The second-order valence-corrected chi connectivity index (χ2v) is 8.13. The summed E-state index contributed by atoms with van der Waals surface area (Å²) in [6, 6.07) is 9.62. The molecule has 7 nitrogen and oxygen atoms in total. The summed E-state index contributed by atoms with van der Waals surface area (Å²) in [5.41, 5.74) is 4.94. The van der Waals surface area contributed by atoms with E-state index in [-0.39, 0.29) is 5.91 Å². The lowest BCUT2D eigenvalue weighted by Gasteiger charge is -2.19. The Kier molecular flexibility index (Phi) is 5.42. The van der Waals surface area contributed by atoms with Crippen LogP contribution >= 0.6 is 15.9 Å². The first-order chi connectivity index (χ1) is 14.4. The summed E-state index contributed by atoms with van der Waals surface area (Å²) < 4.78 is 4.54. The van der Waals surface area contributed by atoms with E-state index >= 15 is 0 Å². The molecule has 8 heteroatoms. The number of pyridine rings is 1. The quantitative estimate of drug-likeness (QED) is 0.441. The number of carbonyl (C=O) groups is 1. The number of rotatable bonds is 5. The van der Waals surface area contributed by atoms with E-state index in [1.165, 1.54) is 0 Å². The van der Waals surface area contributed by atoms with Crippen molar-refractivity contribution in [2.75, 3.05) is 7.05 Å². The first-order valence-corrected chi connectivity index (χ1v) is 10.5. The maximum absolute atomic E-state index is 13.5. The molecule has 1 amide bonds. The molecular formula is C22H23BrN6O. The fourth-order valence-electron chi connectivity index (χ4n) is 3.54. The van der Waals surface area contributed by atoms with Gasteiger partial charge in [-0.05, 0) is 41.9 Å². The predicted molar refractivity (Wildman–Crippen MR) is 120 cm³/mol. The highest BCUT2D eigenvalue weighted by atomic mass is 79.9. The van der Waals surface area contributed by atoms with Gasteiger partial charge in [0, 0.05) is 37.8 Å². The molecule has 0 saturated carbocycles. The van der Waals surface area contributed by atoms with Crippen LogP contribution in [0.1, 0.15) is 28.7 Å². The van der Waals surface area contributed by atoms with Crippen LogP contribution in [0.4, 0.5) is 0 Å². The van der Waals surface area contributed by atoms with Crippen LogP contribution in [-0.2, 0) is 20.1 Å². The number of carbonyl (C=O) groups excluding carboxylic acids is 1. The Hall–Kier alpha value is -3.00. The molecule has 4 aromatic rings. The molecule has 30 heavy (non-hydrogen) atoms. The van der Waals surface area contributed by atoms with Crippen LogP contribution in [0.2, 0.25) is 0 Å². The lowest BCUT2D eigenvalue weighted by molar-refractivity contribution is 0.0783.